The average molecular weight is 469 g/mol. The molecule has 4 aromatic rings. The number of phenols is 1. The molecule has 1 saturated heterocycles. The number of aromatic nitrogens is 1. The lowest BCUT2D eigenvalue weighted by atomic mass is 9.95. The molecular weight excluding hydrogens is 444 g/mol. The minimum Gasteiger partial charge on any atom is -0.508 e. The highest BCUT2D eigenvalue weighted by Gasteiger charge is 2.46. The number of hydrogen-bond donors (Lipinski definition) is 3. The molecule has 1 unspecified atom stereocenters. The fourth-order valence-electron chi connectivity index (χ4n) is 4.68. The largest absolute Gasteiger partial charge is 0.508 e. The van der Waals surface area contributed by atoms with Gasteiger partial charge in [0.1, 0.15) is 17.3 Å². The molecule has 35 heavy (non-hydrogen) atoms. The number of aliphatic hydroxyl groups excluding tert-OH is 1. The number of para-hydroxylation sites is 2. The molecule has 3 aromatic carbocycles. The number of amides is 1. The number of fused-ring (bicyclic) bond motifs is 1. The van der Waals surface area contributed by atoms with E-state index in [1.807, 2.05) is 30.5 Å². The van der Waals surface area contributed by atoms with E-state index in [-0.39, 0.29) is 23.6 Å². The van der Waals surface area contributed by atoms with Gasteiger partial charge in [0.25, 0.3) is 11.7 Å². The number of ether oxygens (including phenoxy) is 1. The van der Waals surface area contributed by atoms with Crippen LogP contribution in [-0.2, 0) is 16.0 Å². The van der Waals surface area contributed by atoms with Gasteiger partial charge in [-0.05, 0) is 47.9 Å². The zero-order valence-corrected chi connectivity index (χ0v) is 19.1. The molecule has 0 spiro atoms. The van der Waals surface area contributed by atoms with E-state index in [1.165, 1.54) is 24.1 Å². The van der Waals surface area contributed by atoms with Crippen LogP contribution in [0, 0.1) is 0 Å². The lowest BCUT2D eigenvalue weighted by Crippen LogP contribution is -2.31. The third-order valence-corrected chi connectivity index (χ3v) is 6.41. The summed E-state index contributed by atoms with van der Waals surface area (Å²) in [6.07, 6.45) is 2.42. The fourth-order valence-corrected chi connectivity index (χ4v) is 4.68. The van der Waals surface area contributed by atoms with Crippen LogP contribution in [-0.4, -0.2) is 45.4 Å². The summed E-state index contributed by atoms with van der Waals surface area (Å²) in [6, 6.07) is 20.2. The summed E-state index contributed by atoms with van der Waals surface area (Å²) in [7, 11) is 1.48. The molecule has 0 saturated carbocycles. The SMILES string of the molecule is COc1ccccc1/C(O)=C1\C(=O)C(=O)N(CCc2c[nH]c3ccccc23)C1c1ccc(O)cc1. The van der Waals surface area contributed by atoms with E-state index in [1.54, 1.807) is 36.4 Å². The molecule has 2 heterocycles. The Bertz CT molecular complexity index is 1450. The van der Waals surface area contributed by atoms with Crippen LogP contribution in [0.25, 0.3) is 16.7 Å². The molecule has 0 radical (unpaired) electrons. The Balaban J connectivity index is 1.58. The van der Waals surface area contributed by atoms with E-state index in [0.29, 0.717) is 23.3 Å². The van der Waals surface area contributed by atoms with Gasteiger partial charge in [0.05, 0.1) is 24.3 Å². The molecule has 5 rings (SSSR count). The van der Waals surface area contributed by atoms with Crippen LogP contribution < -0.4 is 4.74 Å². The monoisotopic (exact) mass is 468 g/mol. The van der Waals surface area contributed by atoms with Crippen LogP contribution in [0.5, 0.6) is 11.5 Å². The molecule has 1 amide bonds. The summed E-state index contributed by atoms with van der Waals surface area (Å²) >= 11 is 0. The number of likely N-dealkylation sites (tertiary alicyclic amines) is 1. The fraction of sp³-hybridized carbons (Fsp3) is 0.143. The second kappa shape index (κ2) is 9.02. The number of hydrogen-bond acceptors (Lipinski definition) is 5. The number of nitrogens with zero attached hydrogens (tertiary/aromatic N) is 1. The van der Waals surface area contributed by atoms with Gasteiger partial charge < -0.3 is 24.8 Å². The standard InChI is InChI=1S/C28H24N2O5/c1-35-23-9-5-3-7-21(23)26(32)24-25(17-10-12-19(31)13-11-17)30(28(34)27(24)33)15-14-18-16-29-22-8-4-2-6-20(18)22/h2-13,16,25,29,31-32H,14-15H2,1H3/b26-24+. The van der Waals surface area contributed by atoms with Crippen LogP contribution in [0.3, 0.4) is 0 Å². The molecule has 0 aliphatic carbocycles. The van der Waals surface area contributed by atoms with Crippen LogP contribution in [0.4, 0.5) is 0 Å². The first kappa shape index (κ1) is 22.3. The van der Waals surface area contributed by atoms with Crippen molar-refractivity contribution in [3.05, 3.63) is 101 Å². The number of aromatic hydroxyl groups is 1. The number of nitrogens with one attached hydrogen (secondary N) is 1. The Kier molecular flexibility index (Phi) is 5.74. The topological polar surface area (TPSA) is 103 Å². The van der Waals surface area contributed by atoms with Crippen LogP contribution in [0.1, 0.15) is 22.7 Å². The van der Waals surface area contributed by atoms with Gasteiger partial charge in [-0.3, -0.25) is 9.59 Å². The van der Waals surface area contributed by atoms with Gasteiger partial charge >= 0.3 is 0 Å². The summed E-state index contributed by atoms with van der Waals surface area (Å²) in [5, 5.41) is 22.1. The Labute approximate surface area is 201 Å². The van der Waals surface area contributed by atoms with E-state index in [4.69, 9.17) is 4.74 Å². The molecule has 1 aliphatic heterocycles. The molecule has 0 bridgehead atoms. The maximum absolute atomic E-state index is 13.2. The lowest BCUT2D eigenvalue weighted by molar-refractivity contribution is -0.139. The van der Waals surface area contributed by atoms with Crippen molar-refractivity contribution in [3.63, 3.8) is 0 Å². The van der Waals surface area contributed by atoms with Crippen molar-refractivity contribution in [2.75, 3.05) is 13.7 Å². The number of rotatable bonds is 6. The van der Waals surface area contributed by atoms with Crippen molar-refractivity contribution in [1.82, 2.24) is 9.88 Å². The van der Waals surface area contributed by atoms with Crippen molar-refractivity contribution < 1.29 is 24.5 Å². The minimum absolute atomic E-state index is 0.0101. The summed E-state index contributed by atoms with van der Waals surface area (Å²) in [6.45, 7) is 0.265. The number of methoxy groups -OCH3 is 1. The zero-order chi connectivity index (χ0) is 24.5. The Morgan fingerprint density at radius 2 is 1.71 bits per heavy atom. The highest BCUT2D eigenvalue weighted by molar-refractivity contribution is 6.46. The molecule has 7 nitrogen and oxygen atoms in total. The first-order valence-corrected chi connectivity index (χ1v) is 11.3. The van der Waals surface area contributed by atoms with E-state index < -0.39 is 17.7 Å². The van der Waals surface area contributed by atoms with Gasteiger partial charge in [0.15, 0.2) is 0 Å². The molecule has 176 valence electrons. The lowest BCUT2D eigenvalue weighted by Gasteiger charge is -2.25. The summed E-state index contributed by atoms with van der Waals surface area (Å²) in [5.74, 6) is -1.29. The van der Waals surface area contributed by atoms with Crippen LogP contribution >= 0.6 is 0 Å². The Hall–Kier alpha value is -4.52. The van der Waals surface area contributed by atoms with Crippen molar-refractivity contribution in [2.24, 2.45) is 0 Å². The second-order valence-corrected chi connectivity index (χ2v) is 8.39. The number of ketones is 1. The number of carbonyl (C=O) groups excluding carboxylic acids is 2. The first-order chi connectivity index (χ1) is 17.0. The Morgan fingerprint density at radius 3 is 2.49 bits per heavy atom. The van der Waals surface area contributed by atoms with Crippen molar-refractivity contribution in [2.45, 2.75) is 12.5 Å². The molecule has 1 atom stereocenters. The number of benzene rings is 3. The average Bonchev–Trinajstić information content (AvgIpc) is 3.41. The van der Waals surface area contributed by atoms with Gasteiger partial charge in [-0.1, -0.05) is 42.5 Å². The maximum Gasteiger partial charge on any atom is 0.295 e. The number of aromatic amines is 1. The van der Waals surface area contributed by atoms with Crippen LogP contribution in [0.15, 0.2) is 84.6 Å². The Morgan fingerprint density at radius 1 is 1.00 bits per heavy atom. The maximum atomic E-state index is 13.2. The summed E-state index contributed by atoms with van der Waals surface area (Å²) in [5.41, 5.74) is 2.95. The highest BCUT2D eigenvalue weighted by Crippen LogP contribution is 2.41. The molecule has 7 heteroatoms. The normalized spacial score (nSPS) is 17.3. The van der Waals surface area contributed by atoms with Crippen molar-refractivity contribution in [1.29, 1.82) is 0 Å². The van der Waals surface area contributed by atoms with Gasteiger partial charge in [0.2, 0.25) is 0 Å². The van der Waals surface area contributed by atoms with Gasteiger partial charge in [0, 0.05) is 23.6 Å². The van der Waals surface area contributed by atoms with E-state index in [9.17, 15) is 19.8 Å². The molecule has 1 fully saturated rings. The predicted octanol–water partition coefficient (Wildman–Crippen LogP) is 4.55. The summed E-state index contributed by atoms with van der Waals surface area (Å²) < 4.78 is 5.37. The highest BCUT2D eigenvalue weighted by atomic mass is 16.5. The zero-order valence-electron chi connectivity index (χ0n) is 19.1. The molecular formula is C28H24N2O5. The third-order valence-electron chi connectivity index (χ3n) is 6.41. The summed E-state index contributed by atoms with van der Waals surface area (Å²) in [4.78, 5) is 31.2. The number of H-pyrrole nitrogens is 1. The molecule has 1 aromatic heterocycles. The number of carbonyl (C=O) groups is 2. The number of Topliss-reactive ketones (excluding diaryl/α,β-unsaturated/α-hetero) is 1. The smallest absolute Gasteiger partial charge is 0.295 e. The second-order valence-electron chi connectivity index (χ2n) is 8.39. The van der Waals surface area contributed by atoms with Crippen molar-refractivity contribution in [3.8, 4) is 11.5 Å². The molecule has 3 N–H and O–H groups in total. The van der Waals surface area contributed by atoms with Crippen molar-refractivity contribution >= 4 is 28.4 Å². The number of phenolic OH excluding ortho intramolecular Hbond substituents is 1. The van der Waals surface area contributed by atoms with E-state index >= 15 is 0 Å². The van der Waals surface area contributed by atoms with Gasteiger partial charge in [-0.25, -0.2) is 0 Å². The van der Waals surface area contributed by atoms with E-state index in [0.717, 1.165) is 16.5 Å². The van der Waals surface area contributed by atoms with Gasteiger partial charge in [-0.15, -0.1) is 0 Å². The van der Waals surface area contributed by atoms with Crippen LogP contribution in [0.2, 0.25) is 0 Å². The van der Waals surface area contributed by atoms with Gasteiger partial charge in [-0.2, -0.15) is 0 Å². The predicted molar refractivity (Wildman–Crippen MR) is 132 cm³/mol. The third kappa shape index (κ3) is 3.91. The quantitative estimate of drug-likeness (QED) is 0.219. The molecule has 1 aliphatic rings. The number of aliphatic hydroxyl groups is 1. The minimum atomic E-state index is -0.814. The first-order valence-electron chi connectivity index (χ1n) is 11.3. The van der Waals surface area contributed by atoms with E-state index in [2.05, 4.69) is 4.98 Å².